The van der Waals surface area contributed by atoms with Gasteiger partial charge in [0.1, 0.15) is 11.5 Å². The van der Waals surface area contributed by atoms with Crippen LogP contribution in [0.15, 0.2) is 103 Å². The first-order valence-corrected chi connectivity index (χ1v) is 12.8. The van der Waals surface area contributed by atoms with Crippen LogP contribution in [-0.2, 0) is 9.59 Å². The van der Waals surface area contributed by atoms with E-state index in [2.05, 4.69) is 17.5 Å². The number of carbonyl (C=O) groups excluding carboxylic acids is 3. The Kier molecular flexibility index (Phi) is 5.15. The summed E-state index contributed by atoms with van der Waals surface area (Å²) in [5.74, 6) is 0.519. The topological polar surface area (TPSA) is 75.7 Å². The molecule has 2 aliphatic carbocycles. The molecule has 4 aromatic carbocycles. The highest BCUT2D eigenvalue weighted by molar-refractivity contribution is 6.23. The molecule has 3 aliphatic rings. The minimum atomic E-state index is -0.324. The summed E-state index contributed by atoms with van der Waals surface area (Å²) >= 11 is 0. The fourth-order valence-corrected chi connectivity index (χ4v) is 6.16. The fraction of sp³-hybridized carbons (Fsp3) is 0.156. The van der Waals surface area contributed by atoms with Gasteiger partial charge in [-0.1, -0.05) is 54.6 Å². The van der Waals surface area contributed by atoms with Gasteiger partial charge in [0.25, 0.3) is 5.91 Å². The SMILES string of the molecule is O=C(Nc1ccc(Oc2cccc3ccccc23)cc1)c1cccc(N2C(=O)[C@@H]3[C@@H](C2=O)[C@H]2C=C[C@@H]3C2)c1. The van der Waals surface area contributed by atoms with E-state index in [0.29, 0.717) is 22.7 Å². The first-order valence-electron chi connectivity index (χ1n) is 12.8. The van der Waals surface area contributed by atoms with Gasteiger partial charge in [0.2, 0.25) is 11.8 Å². The summed E-state index contributed by atoms with van der Waals surface area (Å²) in [4.78, 5) is 40.6. The van der Waals surface area contributed by atoms with Crippen molar-refractivity contribution in [3.8, 4) is 11.5 Å². The number of fused-ring (bicyclic) bond motifs is 6. The van der Waals surface area contributed by atoms with Gasteiger partial charge in [-0.15, -0.1) is 0 Å². The van der Waals surface area contributed by atoms with Gasteiger partial charge >= 0.3 is 0 Å². The fourth-order valence-electron chi connectivity index (χ4n) is 6.16. The average Bonchev–Trinajstić information content (AvgIpc) is 3.63. The zero-order chi connectivity index (χ0) is 25.8. The predicted octanol–water partition coefficient (Wildman–Crippen LogP) is 6.20. The number of imide groups is 1. The molecule has 1 saturated heterocycles. The van der Waals surface area contributed by atoms with Crippen molar-refractivity contribution >= 4 is 39.9 Å². The Balaban J connectivity index is 1.06. The summed E-state index contributed by atoms with van der Waals surface area (Å²) in [6.07, 6.45) is 5.03. The predicted molar refractivity (Wildman–Crippen MR) is 145 cm³/mol. The number of ether oxygens (including phenoxy) is 1. The summed E-state index contributed by atoms with van der Waals surface area (Å²) in [7, 11) is 0. The second-order valence-electron chi connectivity index (χ2n) is 10.1. The highest BCUT2D eigenvalue weighted by atomic mass is 16.5. The number of rotatable bonds is 5. The van der Waals surface area contributed by atoms with Crippen LogP contribution in [-0.4, -0.2) is 17.7 Å². The summed E-state index contributed by atoms with van der Waals surface area (Å²) in [6, 6.07) is 27.8. The molecule has 7 rings (SSSR count). The largest absolute Gasteiger partial charge is 0.457 e. The van der Waals surface area contributed by atoms with Gasteiger partial charge < -0.3 is 10.1 Å². The highest BCUT2D eigenvalue weighted by Crippen LogP contribution is 2.53. The van der Waals surface area contributed by atoms with E-state index < -0.39 is 0 Å². The van der Waals surface area contributed by atoms with Crippen molar-refractivity contribution in [2.45, 2.75) is 6.42 Å². The third-order valence-electron chi connectivity index (χ3n) is 7.93. The second kappa shape index (κ2) is 8.70. The third-order valence-corrected chi connectivity index (χ3v) is 7.93. The van der Waals surface area contributed by atoms with Crippen LogP contribution >= 0.6 is 0 Å². The van der Waals surface area contributed by atoms with E-state index in [-0.39, 0.29) is 41.4 Å². The summed E-state index contributed by atoms with van der Waals surface area (Å²) < 4.78 is 6.09. The zero-order valence-electron chi connectivity index (χ0n) is 20.4. The van der Waals surface area contributed by atoms with Gasteiger partial charge in [-0.3, -0.25) is 14.4 Å². The van der Waals surface area contributed by atoms with Crippen molar-refractivity contribution in [3.05, 3.63) is 109 Å². The van der Waals surface area contributed by atoms with Crippen molar-refractivity contribution < 1.29 is 19.1 Å². The van der Waals surface area contributed by atoms with E-state index in [0.717, 1.165) is 22.9 Å². The molecule has 1 N–H and O–H groups in total. The number of hydrogen-bond donors (Lipinski definition) is 1. The van der Waals surface area contributed by atoms with Crippen LogP contribution in [0.25, 0.3) is 10.8 Å². The number of amides is 3. The van der Waals surface area contributed by atoms with Gasteiger partial charge in [0, 0.05) is 16.6 Å². The monoisotopic (exact) mass is 500 g/mol. The third kappa shape index (κ3) is 3.60. The maximum Gasteiger partial charge on any atom is 0.255 e. The maximum absolute atomic E-state index is 13.2. The molecule has 4 aromatic rings. The van der Waals surface area contributed by atoms with Gasteiger partial charge in [0.05, 0.1) is 17.5 Å². The van der Waals surface area contributed by atoms with E-state index in [1.54, 1.807) is 48.5 Å². The van der Waals surface area contributed by atoms with Crippen molar-refractivity contribution in [1.29, 1.82) is 0 Å². The van der Waals surface area contributed by atoms with Crippen molar-refractivity contribution in [2.75, 3.05) is 10.2 Å². The number of hydrogen-bond acceptors (Lipinski definition) is 4. The van der Waals surface area contributed by atoms with E-state index in [4.69, 9.17) is 4.74 Å². The van der Waals surface area contributed by atoms with E-state index in [1.165, 1.54) is 4.90 Å². The Labute approximate surface area is 219 Å². The first kappa shape index (κ1) is 22.5. The van der Waals surface area contributed by atoms with Crippen LogP contribution in [0.4, 0.5) is 11.4 Å². The quantitative estimate of drug-likeness (QED) is 0.262. The van der Waals surface area contributed by atoms with Crippen LogP contribution in [0.1, 0.15) is 16.8 Å². The Morgan fingerprint density at radius 1 is 0.789 bits per heavy atom. The Morgan fingerprint density at radius 2 is 1.47 bits per heavy atom. The molecule has 186 valence electrons. The molecular weight excluding hydrogens is 476 g/mol. The number of allylic oxidation sites excluding steroid dienone is 2. The number of benzene rings is 4. The van der Waals surface area contributed by atoms with E-state index in [9.17, 15) is 14.4 Å². The highest BCUT2D eigenvalue weighted by Gasteiger charge is 2.59. The summed E-state index contributed by atoms with van der Waals surface area (Å²) in [5.41, 5.74) is 1.42. The van der Waals surface area contributed by atoms with Crippen LogP contribution < -0.4 is 15.0 Å². The van der Waals surface area contributed by atoms with Gasteiger partial charge in [-0.05, 0) is 72.2 Å². The maximum atomic E-state index is 13.2. The molecule has 3 amide bonds. The smallest absolute Gasteiger partial charge is 0.255 e. The molecule has 1 heterocycles. The minimum absolute atomic E-state index is 0.144. The van der Waals surface area contributed by atoms with Gasteiger partial charge in [0.15, 0.2) is 0 Å². The molecule has 0 aromatic heterocycles. The average molecular weight is 501 g/mol. The van der Waals surface area contributed by atoms with Gasteiger partial charge in [-0.25, -0.2) is 4.90 Å². The Hall–Kier alpha value is -4.71. The number of carbonyl (C=O) groups is 3. The molecule has 1 saturated carbocycles. The normalized spacial score (nSPS) is 23.2. The molecule has 0 spiro atoms. The molecule has 6 heteroatoms. The Bertz CT molecular complexity index is 1610. The number of nitrogens with one attached hydrogen (secondary N) is 1. The first-order chi connectivity index (χ1) is 18.6. The standard InChI is InChI=1S/C32H24N2O4/c35-30(33-23-13-15-25(16-14-23)38-27-10-4-6-19-5-1-2-9-26(19)27)22-7-3-8-24(18-22)34-31(36)28-20-11-12-21(17-20)29(28)32(34)37/h1-16,18,20-21,28-29H,17H2,(H,33,35)/t20-,21+,28-,29-/m0/s1. The van der Waals surface area contributed by atoms with E-state index in [1.807, 2.05) is 42.5 Å². The van der Waals surface area contributed by atoms with Crippen LogP contribution in [0.5, 0.6) is 11.5 Å². The molecule has 0 unspecified atom stereocenters. The summed E-state index contributed by atoms with van der Waals surface area (Å²) in [5, 5.41) is 5.01. The van der Waals surface area contributed by atoms with Crippen LogP contribution in [0.2, 0.25) is 0 Å². The molecule has 1 aliphatic heterocycles. The lowest BCUT2D eigenvalue weighted by atomic mass is 9.85. The molecular formula is C32H24N2O4. The van der Waals surface area contributed by atoms with Crippen molar-refractivity contribution in [1.82, 2.24) is 0 Å². The molecule has 2 bridgehead atoms. The lowest BCUT2D eigenvalue weighted by Crippen LogP contribution is -2.33. The number of nitrogens with zero attached hydrogens (tertiary/aromatic N) is 1. The second-order valence-corrected chi connectivity index (χ2v) is 10.1. The Morgan fingerprint density at radius 3 is 2.24 bits per heavy atom. The zero-order valence-corrected chi connectivity index (χ0v) is 20.4. The summed E-state index contributed by atoms with van der Waals surface area (Å²) in [6.45, 7) is 0. The van der Waals surface area contributed by atoms with Crippen LogP contribution in [0, 0.1) is 23.7 Å². The lowest BCUT2D eigenvalue weighted by molar-refractivity contribution is -0.123. The molecule has 6 nitrogen and oxygen atoms in total. The molecule has 38 heavy (non-hydrogen) atoms. The number of anilines is 2. The lowest BCUT2D eigenvalue weighted by Gasteiger charge is -2.18. The van der Waals surface area contributed by atoms with E-state index >= 15 is 0 Å². The molecule has 0 radical (unpaired) electrons. The van der Waals surface area contributed by atoms with Gasteiger partial charge in [-0.2, -0.15) is 0 Å². The minimum Gasteiger partial charge on any atom is -0.457 e. The van der Waals surface area contributed by atoms with Crippen molar-refractivity contribution in [2.24, 2.45) is 23.7 Å². The molecule has 2 fully saturated rings. The molecule has 4 atom stereocenters. The van der Waals surface area contributed by atoms with Crippen molar-refractivity contribution in [3.63, 3.8) is 0 Å². The van der Waals surface area contributed by atoms with Crippen LogP contribution in [0.3, 0.4) is 0 Å².